The number of amides is 2. The molecule has 0 aromatic heterocycles. The topological polar surface area (TPSA) is 93.7 Å². The largest absolute Gasteiger partial charge is 0.456 e. The Bertz CT molecular complexity index is 613. The van der Waals surface area contributed by atoms with Crippen LogP contribution in [0, 0.1) is 5.82 Å². The highest BCUT2D eigenvalue weighted by Gasteiger charge is 2.16. The fourth-order valence-electron chi connectivity index (χ4n) is 1.69. The molecule has 0 saturated carbocycles. The molecule has 2 amide bonds. The van der Waals surface area contributed by atoms with Gasteiger partial charge in [-0.3, -0.25) is 9.59 Å². The van der Waals surface area contributed by atoms with E-state index in [1.165, 1.54) is 6.07 Å². The van der Waals surface area contributed by atoms with E-state index < -0.39 is 36.0 Å². The van der Waals surface area contributed by atoms with E-state index in [2.05, 4.69) is 10.6 Å². The Morgan fingerprint density at radius 3 is 2.44 bits per heavy atom. The van der Waals surface area contributed by atoms with Crippen LogP contribution in [-0.4, -0.2) is 36.7 Å². The SMILES string of the molecule is CC(C)(C)OC(=O)NCCC(=O)OCC(=O)NCc1ccccc1F. The van der Waals surface area contributed by atoms with E-state index in [1.54, 1.807) is 39.0 Å². The van der Waals surface area contributed by atoms with Gasteiger partial charge in [0.05, 0.1) is 6.42 Å². The third-order valence-electron chi connectivity index (χ3n) is 2.80. The van der Waals surface area contributed by atoms with Crippen LogP contribution in [0.25, 0.3) is 0 Å². The van der Waals surface area contributed by atoms with Gasteiger partial charge < -0.3 is 20.1 Å². The van der Waals surface area contributed by atoms with Crippen molar-refractivity contribution >= 4 is 18.0 Å². The van der Waals surface area contributed by atoms with Gasteiger partial charge >= 0.3 is 12.1 Å². The number of esters is 1. The second-order valence-corrected chi connectivity index (χ2v) is 6.21. The molecule has 138 valence electrons. The summed E-state index contributed by atoms with van der Waals surface area (Å²) in [5.41, 5.74) is -0.287. The van der Waals surface area contributed by atoms with E-state index in [1.807, 2.05) is 0 Å². The van der Waals surface area contributed by atoms with Crippen molar-refractivity contribution in [2.24, 2.45) is 0 Å². The Hall–Kier alpha value is -2.64. The van der Waals surface area contributed by atoms with Crippen molar-refractivity contribution in [3.8, 4) is 0 Å². The van der Waals surface area contributed by atoms with Crippen LogP contribution in [0.2, 0.25) is 0 Å². The number of ether oxygens (including phenoxy) is 2. The summed E-state index contributed by atoms with van der Waals surface area (Å²) in [7, 11) is 0. The third-order valence-corrected chi connectivity index (χ3v) is 2.80. The van der Waals surface area contributed by atoms with Crippen molar-refractivity contribution in [2.75, 3.05) is 13.2 Å². The van der Waals surface area contributed by atoms with Crippen molar-refractivity contribution < 1.29 is 28.2 Å². The van der Waals surface area contributed by atoms with E-state index in [0.717, 1.165) is 0 Å². The lowest BCUT2D eigenvalue weighted by Crippen LogP contribution is -2.34. The van der Waals surface area contributed by atoms with E-state index in [0.29, 0.717) is 5.56 Å². The number of hydrogen-bond donors (Lipinski definition) is 2. The molecule has 0 aliphatic heterocycles. The monoisotopic (exact) mass is 354 g/mol. The summed E-state index contributed by atoms with van der Waals surface area (Å²) in [5, 5.41) is 4.86. The van der Waals surface area contributed by atoms with Gasteiger partial charge in [-0.05, 0) is 26.8 Å². The molecular weight excluding hydrogens is 331 g/mol. The summed E-state index contributed by atoms with van der Waals surface area (Å²) < 4.78 is 23.2. The van der Waals surface area contributed by atoms with E-state index in [4.69, 9.17) is 9.47 Å². The maximum Gasteiger partial charge on any atom is 0.407 e. The molecule has 1 rings (SSSR count). The van der Waals surface area contributed by atoms with Gasteiger partial charge in [0.25, 0.3) is 5.91 Å². The van der Waals surface area contributed by atoms with Crippen molar-refractivity contribution in [3.63, 3.8) is 0 Å². The smallest absolute Gasteiger partial charge is 0.407 e. The third kappa shape index (κ3) is 9.29. The Morgan fingerprint density at radius 1 is 1.12 bits per heavy atom. The Balaban J connectivity index is 2.18. The molecule has 0 aliphatic rings. The number of alkyl carbamates (subject to hydrolysis) is 1. The maximum absolute atomic E-state index is 13.4. The molecule has 0 heterocycles. The first-order chi connectivity index (χ1) is 11.7. The molecule has 8 heteroatoms. The van der Waals surface area contributed by atoms with Crippen LogP contribution in [0.1, 0.15) is 32.8 Å². The average Bonchev–Trinajstić information content (AvgIpc) is 2.50. The van der Waals surface area contributed by atoms with E-state index in [-0.39, 0.29) is 19.5 Å². The molecule has 2 N–H and O–H groups in total. The Kier molecular flexibility index (Phi) is 7.84. The zero-order valence-corrected chi connectivity index (χ0v) is 14.6. The van der Waals surface area contributed by atoms with E-state index >= 15 is 0 Å². The molecule has 1 aromatic carbocycles. The molecule has 1 aromatic rings. The normalized spacial score (nSPS) is 10.7. The van der Waals surface area contributed by atoms with Gasteiger partial charge in [-0.1, -0.05) is 18.2 Å². The quantitative estimate of drug-likeness (QED) is 0.730. The molecule has 0 fully saturated rings. The van der Waals surface area contributed by atoms with Crippen molar-refractivity contribution in [3.05, 3.63) is 35.6 Å². The minimum Gasteiger partial charge on any atom is -0.456 e. The predicted octanol–water partition coefficient (Wildman–Crippen LogP) is 1.90. The lowest BCUT2D eigenvalue weighted by atomic mass is 10.2. The molecule has 0 radical (unpaired) electrons. The number of benzene rings is 1. The van der Waals surface area contributed by atoms with Crippen molar-refractivity contribution in [1.82, 2.24) is 10.6 Å². The van der Waals surface area contributed by atoms with Crippen molar-refractivity contribution in [2.45, 2.75) is 39.3 Å². The number of hydrogen-bond acceptors (Lipinski definition) is 5. The maximum atomic E-state index is 13.4. The zero-order chi connectivity index (χ0) is 18.9. The highest BCUT2D eigenvalue weighted by molar-refractivity contribution is 5.80. The molecule has 0 saturated heterocycles. The number of nitrogens with one attached hydrogen (secondary N) is 2. The zero-order valence-electron chi connectivity index (χ0n) is 14.6. The number of rotatable bonds is 7. The lowest BCUT2D eigenvalue weighted by molar-refractivity contribution is -0.148. The van der Waals surface area contributed by atoms with E-state index in [9.17, 15) is 18.8 Å². The summed E-state index contributed by atoms with van der Waals surface area (Å²) in [6, 6.07) is 6.04. The molecule has 0 unspecified atom stereocenters. The Labute approximate surface area is 145 Å². The molecule has 25 heavy (non-hydrogen) atoms. The number of carbonyl (C=O) groups excluding carboxylic acids is 3. The van der Waals surface area contributed by atoms with Crippen LogP contribution in [0.5, 0.6) is 0 Å². The summed E-state index contributed by atoms with van der Waals surface area (Å²) in [6.07, 6.45) is -0.734. The lowest BCUT2D eigenvalue weighted by Gasteiger charge is -2.19. The minimum atomic E-state index is -0.642. The summed E-state index contributed by atoms with van der Waals surface area (Å²) >= 11 is 0. The van der Waals surface area contributed by atoms with Crippen LogP contribution in [-0.2, 0) is 25.6 Å². The number of carbonyl (C=O) groups is 3. The summed E-state index contributed by atoms with van der Waals surface area (Å²) in [5.74, 6) is -1.61. The van der Waals surface area contributed by atoms with Crippen LogP contribution >= 0.6 is 0 Å². The van der Waals surface area contributed by atoms with Gasteiger partial charge in [0.1, 0.15) is 11.4 Å². The van der Waals surface area contributed by atoms with Gasteiger partial charge in [-0.25, -0.2) is 9.18 Å². The molecule has 0 atom stereocenters. The minimum absolute atomic E-state index is 0.00323. The molecule has 0 bridgehead atoms. The average molecular weight is 354 g/mol. The number of halogens is 1. The standard InChI is InChI=1S/C17H23FN2O5/c1-17(2,3)25-16(23)19-9-8-15(22)24-11-14(21)20-10-12-6-4-5-7-13(12)18/h4-7H,8-11H2,1-3H3,(H,19,23)(H,20,21). The van der Waals surface area contributed by atoms with Crippen LogP contribution in [0.4, 0.5) is 9.18 Å². The van der Waals surface area contributed by atoms with Crippen LogP contribution in [0.3, 0.4) is 0 Å². The molecule has 0 aliphatic carbocycles. The van der Waals surface area contributed by atoms with Gasteiger partial charge in [0.15, 0.2) is 6.61 Å². The summed E-state index contributed by atoms with van der Waals surface area (Å²) in [4.78, 5) is 34.4. The predicted molar refractivity (Wildman–Crippen MR) is 88.1 cm³/mol. The summed E-state index contributed by atoms with van der Waals surface area (Å²) in [6.45, 7) is 4.73. The highest BCUT2D eigenvalue weighted by atomic mass is 19.1. The Morgan fingerprint density at radius 2 is 1.80 bits per heavy atom. The first-order valence-corrected chi connectivity index (χ1v) is 7.80. The van der Waals surface area contributed by atoms with Gasteiger partial charge in [0, 0.05) is 18.7 Å². The first-order valence-electron chi connectivity index (χ1n) is 7.80. The molecule has 0 spiro atoms. The van der Waals surface area contributed by atoms with Gasteiger partial charge in [-0.2, -0.15) is 0 Å². The van der Waals surface area contributed by atoms with Crippen LogP contribution < -0.4 is 10.6 Å². The van der Waals surface area contributed by atoms with Crippen molar-refractivity contribution in [1.29, 1.82) is 0 Å². The van der Waals surface area contributed by atoms with Gasteiger partial charge in [0.2, 0.25) is 0 Å². The fourth-order valence-corrected chi connectivity index (χ4v) is 1.69. The fraction of sp³-hybridized carbons (Fsp3) is 0.471. The molecular formula is C17H23FN2O5. The highest BCUT2D eigenvalue weighted by Crippen LogP contribution is 2.06. The van der Waals surface area contributed by atoms with Crippen LogP contribution in [0.15, 0.2) is 24.3 Å². The molecule has 7 nitrogen and oxygen atoms in total. The second kappa shape index (κ2) is 9.61. The second-order valence-electron chi connectivity index (χ2n) is 6.21. The van der Waals surface area contributed by atoms with Gasteiger partial charge in [-0.15, -0.1) is 0 Å². The first kappa shape index (κ1) is 20.4.